The van der Waals surface area contributed by atoms with Gasteiger partial charge in [0.25, 0.3) is 0 Å². The first-order chi connectivity index (χ1) is 8.39. The molecule has 0 aliphatic heterocycles. The monoisotopic (exact) mass is 255 g/mol. The number of nitrogens with zero attached hydrogens (tertiary/aromatic N) is 2. The summed E-state index contributed by atoms with van der Waals surface area (Å²) in [7, 11) is 1.57. The molecule has 0 amide bonds. The molecule has 0 saturated carbocycles. The number of hydrazine groups is 1. The summed E-state index contributed by atoms with van der Waals surface area (Å²) in [6.45, 7) is 4.10. The van der Waals surface area contributed by atoms with Crippen LogP contribution in [-0.2, 0) is 4.74 Å². The standard InChI is InChI=1S/C10H17N5O3/c1-10(2,18-3)6-12-9-7(15(16)17)4-5-8(13-9)14-11/h4-5H,6,11H2,1-3H3,(H2,12,13,14). The number of aromatic nitrogens is 1. The fourth-order valence-electron chi connectivity index (χ4n) is 1.18. The molecule has 0 atom stereocenters. The summed E-state index contributed by atoms with van der Waals surface area (Å²) in [6.07, 6.45) is 0. The molecule has 100 valence electrons. The molecule has 0 radical (unpaired) electrons. The van der Waals surface area contributed by atoms with Gasteiger partial charge in [-0.15, -0.1) is 0 Å². The van der Waals surface area contributed by atoms with Crippen molar-refractivity contribution in [2.75, 3.05) is 24.4 Å². The third-order valence-corrected chi connectivity index (χ3v) is 2.45. The maximum absolute atomic E-state index is 10.9. The minimum atomic E-state index is -0.505. The van der Waals surface area contributed by atoms with Crippen LogP contribution in [0, 0.1) is 10.1 Å². The maximum atomic E-state index is 10.9. The predicted octanol–water partition coefficient (Wildman–Crippen LogP) is 1.11. The van der Waals surface area contributed by atoms with Gasteiger partial charge in [-0.25, -0.2) is 10.8 Å². The molecule has 0 aliphatic rings. The van der Waals surface area contributed by atoms with Gasteiger partial charge in [-0.3, -0.25) is 10.1 Å². The van der Waals surface area contributed by atoms with Crippen LogP contribution in [0.15, 0.2) is 12.1 Å². The van der Waals surface area contributed by atoms with Gasteiger partial charge >= 0.3 is 5.69 Å². The first-order valence-corrected chi connectivity index (χ1v) is 5.30. The number of nitrogens with two attached hydrogens (primary N) is 1. The van der Waals surface area contributed by atoms with Crippen molar-refractivity contribution in [3.05, 3.63) is 22.2 Å². The maximum Gasteiger partial charge on any atom is 0.311 e. The molecule has 0 unspecified atom stereocenters. The molecular formula is C10H17N5O3. The normalized spacial score (nSPS) is 11.1. The number of methoxy groups -OCH3 is 1. The second-order valence-corrected chi connectivity index (χ2v) is 4.28. The van der Waals surface area contributed by atoms with Crippen molar-refractivity contribution in [3.63, 3.8) is 0 Å². The van der Waals surface area contributed by atoms with E-state index >= 15 is 0 Å². The lowest BCUT2D eigenvalue weighted by molar-refractivity contribution is -0.384. The molecule has 1 heterocycles. The van der Waals surface area contributed by atoms with E-state index in [9.17, 15) is 10.1 Å². The van der Waals surface area contributed by atoms with Crippen LogP contribution in [0.25, 0.3) is 0 Å². The number of anilines is 2. The van der Waals surface area contributed by atoms with Crippen molar-refractivity contribution >= 4 is 17.3 Å². The van der Waals surface area contributed by atoms with Crippen LogP contribution in [0.3, 0.4) is 0 Å². The van der Waals surface area contributed by atoms with E-state index in [-0.39, 0.29) is 11.5 Å². The highest BCUT2D eigenvalue weighted by Gasteiger charge is 2.20. The summed E-state index contributed by atoms with van der Waals surface area (Å²) in [5.74, 6) is 5.72. The molecule has 0 bridgehead atoms. The second kappa shape index (κ2) is 5.61. The quantitative estimate of drug-likeness (QED) is 0.396. The van der Waals surface area contributed by atoms with Gasteiger partial charge in [-0.1, -0.05) is 0 Å². The summed E-state index contributed by atoms with van der Waals surface area (Å²) in [4.78, 5) is 14.4. The second-order valence-electron chi connectivity index (χ2n) is 4.28. The zero-order valence-electron chi connectivity index (χ0n) is 10.6. The average Bonchev–Trinajstić information content (AvgIpc) is 2.36. The molecular weight excluding hydrogens is 238 g/mol. The predicted molar refractivity (Wildman–Crippen MR) is 68.3 cm³/mol. The Morgan fingerprint density at radius 2 is 2.22 bits per heavy atom. The summed E-state index contributed by atoms with van der Waals surface area (Å²) >= 11 is 0. The molecule has 1 aromatic rings. The molecule has 4 N–H and O–H groups in total. The molecule has 0 spiro atoms. The fraction of sp³-hybridized carbons (Fsp3) is 0.500. The minimum absolute atomic E-state index is 0.110. The van der Waals surface area contributed by atoms with Crippen molar-refractivity contribution in [1.82, 2.24) is 4.98 Å². The molecule has 1 aromatic heterocycles. The Hall–Kier alpha value is -1.93. The number of hydrogen-bond acceptors (Lipinski definition) is 7. The largest absolute Gasteiger partial charge is 0.377 e. The lowest BCUT2D eigenvalue weighted by Crippen LogP contribution is -2.32. The fourth-order valence-corrected chi connectivity index (χ4v) is 1.18. The van der Waals surface area contributed by atoms with E-state index in [0.717, 1.165) is 0 Å². The third-order valence-electron chi connectivity index (χ3n) is 2.45. The number of pyridine rings is 1. The van der Waals surface area contributed by atoms with E-state index in [0.29, 0.717) is 12.4 Å². The smallest absolute Gasteiger partial charge is 0.311 e. The Morgan fingerprint density at radius 3 is 2.72 bits per heavy atom. The van der Waals surface area contributed by atoms with Crippen LogP contribution in [-0.4, -0.2) is 29.2 Å². The molecule has 8 heteroatoms. The van der Waals surface area contributed by atoms with Gasteiger partial charge in [0.15, 0.2) is 0 Å². The Kier molecular flexibility index (Phi) is 4.40. The molecule has 0 aliphatic carbocycles. The van der Waals surface area contributed by atoms with Crippen molar-refractivity contribution in [2.45, 2.75) is 19.4 Å². The highest BCUT2D eigenvalue weighted by atomic mass is 16.6. The Morgan fingerprint density at radius 1 is 1.56 bits per heavy atom. The zero-order valence-corrected chi connectivity index (χ0v) is 10.6. The summed E-state index contributed by atoms with van der Waals surface area (Å²) in [6, 6.07) is 2.77. The van der Waals surface area contributed by atoms with Crippen molar-refractivity contribution < 1.29 is 9.66 Å². The van der Waals surface area contributed by atoms with E-state index in [1.807, 2.05) is 13.8 Å². The van der Waals surface area contributed by atoms with Gasteiger partial charge in [-0.2, -0.15) is 0 Å². The van der Waals surface area contributed by atoms with Crippen LogP contribution in [0.5, 0.6) is 0 Å². The van der Waals surface area contributed by atoms with Crippen LogP contribution >= 0.6 is 0 Å². The average molecular weight is 255 g/mol. The van der Waals surface area contributed by atoms with Gasteiger partial charge in [0.2, 0.25) is 5.82 Å². The van der Waals surface area contributed by atoms with E-state index in [1.165, 1.54) is 12.1 Å². The minimum Gasteiger partial charge on any atom is -0.377 e. The number of hydrogen-bond donors (Lipinski definition) is 3. The lowest BCUT2D eigenvalue weighted by atomic mass is 10.1. The van der Waals surface area contributed by atoms with Crippen LogP contribution in [0.1, 0.15) is 13.8 Å². The molecule has 0 saturated heterocycles. The van der Waals surface area contributed by atoms with Crippen molar-refractivity contribution in [2.24, 2.45) is 5.84 Å². The number of rotatable bonds is 6. The summed E-state index contributed by atoms with van der Waals surface area (Å²) in [5, 5.41) is 13.7. The topological polar surface area (TPSA) is 115 Å². The van der Waals surface area contributed by atoms with Crippen molar-refractivity contribution in [3.8, 4) is 0 Å². The van der Waals surface area contributed by atoms with E-state index < -0.39 is 10.5 Å². The number of nitrogen functional groups attached to an aromatic ring is 1. The molecule has 18 heavy (non-hydrogen) atoms. The molecule has 0 fully saturated rings. The molecule has 8 nitrogen and oxygen atoms in total. The Labute approximate surface area is 105 Å². The van der Waals surface area contributed by atoms with E-state index in [2.05, 4.69) is 15.7 Å². The van der Waals surface area contributed by atoms with E-state index in [1.54, 1.807) is 7.11 Å². The SMILES string of the molecule is COC(C)(C)CNc1nc(NN)ccc1[N+](=O)[O-]. The number of nitrogens with one attached hydrogen (secondary N) is 2. The van der Waals surface area contributed by atoms with Crippen LogP contribution in [0.4, 0.5) is 17.3 Å². The van der Waals surface area contributed by atoms with Gasteiger partial charge in [0, 0.05) is 19.7 Å². The van der Waals surface area contributed by atoms with Gasteiger partial charge < -0.3 is 15.5 Å². The highest BCUT2D eigenvalue weighted by Crippen LogP contribution is 2.24. The lowest BCUT2D eigenvalue weighted by Gasteiger charge is -2.23. The van der Waals surface area contributed by atoms with Gasteiger partial charge in [-0.05, 0) is 19.9 Å². The van der Waals surface area contributed by atoms with Gasteiger partial charge in [0.05, 0.1) is 10.5 Å². The van der Waals surface area contributed by atoms with Crippen LogP contribution in [0.2, 0.25) is 0 Å². The highest BCUT2D eigenvalue weighted by molar-refractivity contribution is 5.60. The third kappa shape index (κ3) is 3.54. The number of ether oxygens (including phenoxy) is 1. The first-order valence-electron chi connectivity index (χ1n) is 5.30. The molecule has 0 aromatic carbocycles. The van der Waals surface area contributed by atoms with Gasteiger partial charge in [0.1, 0.15) is 5.82 Å². The Balaban J connectivity index is 2.94. The zero-order chi connectivity index (χ0) is 13.8. The molecule has 1 rings (SSSR count). The Bertz CT molecular complexity index is 436. The van der Waals surface area contributed by atoms with Crippen molar-refractivity contribution in [1.29, 1.82) is 0 Å². The van der Waals surface area contributed by atoms with E-state index in [4.69, 9.17) is 10.6 Å². The first kappa shape index (κ1) is 14.1. The summed E-state index contributed by atoms with van der Waals surface area (Å²) in [5.41, 5.74) is 1.77. The van der Waals surface area contributed by atoms with Crippen LogP contribution < -0.4 is 16.6 Å². The summed E-state index contributed by atoms with van der Waals surface area (Å²) < 4.78 is 5.22. The number of nitro groups is 1.